The molecule has 0 saturated heterocycles. The molecule has 0 radical (unpaired) electrons. The van der Waals surface area contributed by atoms with E-state index in [0.717, 1.165) is 10.4 Å². The minimum atomic E-state index is -4.19. The average Bonchev–Trinajstić information content (AvgIpc) is 2.94. The molecule has 0 aliphatic carbocycles. The fourth-order valence-corrected chi connectivity index (χ4v) is 5.51. The Kier molecular flexibility index (Phi) is 8.83. The van der Waals surface area contributed by atoms with E-state index in [9.17, 15) is 27.1 Å². The third-order valence-electron chi connectivity index (χ3n) is 6.70. The number of hydrogen-bond acceptors (Lipinski definition) is 6. The van der Waals surface area contributed by atoms with Crippen molar-refractivity contribution in [3.05, 3.63) is 89.1 Å². The van der Waals surface area contributed by atoms with Gasteiger partial charge in [0.05, 0.1) is 24.8 Å². The van der Waals surface area contributed by atoms with Gasteiger partial charge in [0, 0.05) is 31.3 Å². The largest absolute Gasteiger partial charge is 0.472 e. The summed E-state index contributed by atoms with van der Waals surface area (Å²) in [5.74, 6) is 3.30. The summed E-state index contributed by atoms with van der Waals surface area (Å²) in [4.78, 5) is 18.9. The Morgan fingerprint density at radius 3 is 2.50 bits per heavy atom. The van der Waals surface area contributed by atoms with Crippen LogP contribution in [-0.2, 0) is 10.0 Å². The van der Waals surface area contributed by atoms with E-state index in [-0.39, 0.29) is 36.7 Å². The normalized spacial score (nSPS) is 18.2. The number of amides is 1. The zero-order chi connectivity index (χ0) is 29.0. The lowest BCUT2D eigenvalue weighted by Crippen LogP contribution is -2.50. The van der Waals surface area contributed by atoms with Crippen molar-refractivity contribution in [1.29, 1.82) is 0 Å². The number of halogens is 2. The van der Waals surface area contributed by atoms with Gasteiger partial charge in [0.1, 0.15) is 28.2 Å². The van der Waals surface area contributed by atoms with E-state index in [0.29, 0.717) is 5.56 Å². The summed E-state index contributed by atoms with van der Waals surface area (Å²) in [5, 5.41) is 9.84. The van der Waals surface area contributed by atoms with E-state index in [4.69, 9.17) is 4.74 Å². The van der Waals surface area contributed by atoms with E-state index in [1.165, 1.54) is 54.5 Å². The van der Waals surface area contributed by atoms with Crippen LogP contribution in [0.15, 0.2) is 65.7 Å². The van der Waals surface area contributed by atoms with Gasteiger partial charge in [-0.15, -0.1) is 0 Å². The number of ether oxygens (including phenoxy) is 1. The Balaban J connectivity index is 1.70. The Bertz CT molecular complexity index is 1570. The fourth-order valence-electron chi connectivity index (χ4n) is 4.26. The first-order valence-corrected chi connectivity index (χ1v) is 14.0. The second-order valence-electron chi connectivity index (χ2n) is 9.65. The van der Waals surface area contributed by atoms with Gasteiger partial charge in [0.25, 0.3) is 5.91 Å². The molecule has 3 atom stereocenters. The number of likely N-dealkylation sites (N-methyl/N-ethyl adjacent to an activating group) is 1. The molecule has 2 heterocycles. The molecule has 11 heteroatoms. The van der Waals surface area contributed by atoms with Crippen LogP contribution in [0.1, 0.15) is 35.3 Å². The number of nitrogens with zero attached hydrogens (tertiary/aromatic N) is 3. The van der Waals surface area contributed by atoms with Crippen LogP contribution in [0.2, 0.25) is 0 Å². The summed E-state index contributed by atoms with van der Waals surface area (Å²) in [6.45, 7) is 3.15. The second-order valence-corrected chi connectivity index (χ2v) is 11.7. The molecule has 40 heavy (non-hydrogen) atoms. The lowest BCUT2D eigenvalue weighted by Gasteiger charge is -2.37. The molecule has 4 rings (SSSR count). The van der Waals surface area contributed by atoms with Crippen molar-refractivity contribution < 1.29 is 31.8 Å². The molecule has 8 nitrogen and oxygen atoms in total. The predicted octanol–water partition coefficient (Wildman–Crippen LogP) is 3.30. The number of pyridine rings is 1. The van der Waals surface area contributed by atoms with Crippen LogP contribution in [0.4, 0.5) is 8.78 Å². The summed E-state index contributed by atoms with van der Waals surface area (Å²) in [6, 6.07) is 12.0. The molecular weight excluding hydrogens is 540 g/mol. The van der Waals surface area contributed by atoms with Crippen molar-refractivity contribution in [2.45, 2.75) is 30.9 Å². The summed E-state index contributed by atoms with van der Waals surface area (Å²) < 4.78 is 61.7. The molecule has 1 aliphatic heterocycles. The molecule has 0 saturated carbocycles. The first-order valence-electron chi connectivity index (χ1n) is 12.6. The van der Waals surface area contributed by atoms with Crippen molar-refractivity contribution in [2.24, 2.45) is 5.92 Å². The van der Waals surface area contributed by atoms with Crippen LogP contribution in [0.25, 0.3) is 0 Å². The summed E-state index contributed by atoms with van der Waals surface area (Å²) in [6.07, 6.45) is 0.595. The van der Waals surface area contributed by atoms with Gasteiger partial charge in [-0.2, -0.15) is 4.31 Å². The van der Waals surface area contributed by atoms with Crippen molar-refractivity contribution >= 4 is 15.9 Å². The van der Waals surface area contributed by atoms with Gasteiger partial charge in [-0.05, 0) is 37.3 Å². The van der Waals surface area contributed by atoms with Crippen molar-refractivity contribution in [3.8, 4) is 17.7 Å². The maximum atomic E-state index is 14.3. The van der Waals surface area contributed by atoms with Crippen LogP contribution < -0.4 is 4.74 Å². The smallest absolute Gasteiger partial charge is 0.259 e. The van der Waals surface area contributed by atoms with Crippen molar-refractivity contribution in [3.63, 3.8) is 0 Å². The van der Waals surface area contributed by atoms with Gasteiger partial charge in [0.15, 0.2) is 0 Å². The molecule has 3 aromatic rings. The SMILES string of the molecule is C[C@@H]1CN([C@@H](C)CO)C(=O)c2cc(C#Cc3ccccc3F)cnc2O[C@@H]1CN(C)S(=O)(=O)c1ccccc1F. The summed E-state index contributed by atoms with van der Waals surface area (Å²) in [5.41, 5.74) is 0.581. The second kappa shape index (κ2) is 12.1. The third-order valence-corrected chi connectivity index (χ3v) is 8.55. The minimum absolute atomic E-state index is 0.0372. The van der Waals surface area contributed by atoms with Crippen LogP contribution in [0.3, 0.4) is 0 Å². The van der Waals surface area contributed by atoms with Crippen LogP contribution in [0, 0.1) is 29.4 Å². The molecule has 0 bridgehead atoms. The van der Waals surface area contributed by atoms with E-state index in [1.54, 1.807) is 26.0 Å². The molecule has 0 spiro atoms. The van der Waals surface area contributed by atoms with E-state index >= 15 is 0 Å². The highest BCUT2D eigenvalue weighted by atomic mass is 32.2. The number of rotatable bonds is 6. The van der Waals surface area contributed by atoms with E-state index < -0.39 is 50.5 Å². The molecular formula is C29H29F2N3O5S. The summed E-state index contributed by atoms with van der Waals surface area (Å²) in [7, 11) is -2.87. The number of carbonyl (C=O) groups is 1. The molecule has 210 valence electrons. The zero-order valence-electron chi connectivity index (χ0n) is 22.2. The predicted molar refractivity (Wildman–Crippen MR) is 144 cm³/mol. The van der Waals surface area contributed by atoms with Gasteiger partial charge >= 0.3 is 0 Å². The van der Waals surface area contributed by atoms with Gasteiger partial charge in [-0.25, -0.2) is 22.2 Å². The Labute approximate surface area is 232 Å². The number of carbonyl (C=O) groups excluding carboxylic acids is 1. The number of aromatic nitrogens is 1. The first-order chi connectivity index (χ1) is 19.0. The number of hydrogen-bond donors (Lipinski definition) is 1. The molecule has 1 aliphatic rings. The quantitative estimate of drug-likeness (QED) is 0.458. The molecule has 0 unspecified atom stereocenters. The highest BCUT2D eigenvalue weighted by Crippen LogP contribution is 2.28. The molecule has 2 aromatic carbocycles. The van der Waals surface area contributed by atoms with Gasteiger partial charge in [-0.1, -0.05) is 43.0 Å². The molecule has 1 N–H and O–H groups in total. The number of fused-ring (bicyclic) bond motifs is 1. The lowest BCUT2D eigenvalue weighted by molar-refractivity contribution is 0.0373. The van der Waals surface area contributed by atoms with Crippen LogP contribution in [0.5, 0.6) is 5.88 Å². The number of aliphatic hydroxyl groups is 1. The van der Waals surface area contributed by atoms with Crippen LogP contribution >= 0.6 is 0 Å². The topological polar surface area (TPSA) is 100 Å². The van der Waals surface area contributed by atoms with Gasteiger partial charge < -0.3 is 14.7 Å². The fraction of sp³-hybridized carbons (Fsp3) is 0.310. The lowest BCUT2D eigenvalue weighted by atomic mass is 10.0. The maximum Gasteiger partial charge on any atom is 0.259 e. The first kappa shape index (κ1) is 29.1. The number of benzene rings is 2. The standard InChI is InChI=1S/C29H29F2N3O5S/c1-19-16-34(20(2)18-35)29(36)23-14-21(12-13-22-8-4-5-9-24(22)30)15-32-28(23)39-26(19)17-33(3)40(37,38)27-11-7-6-10-25(27)31/h4-11,14-15,19-20,26,35H,16-18H2,1-3H3/t19-,20+,26-/m1/s1. The summed E-state index contributed by atoms with van der Waals surface area (Å²) >= 11 is 0. The Hall–Kier alpha value is -3.85. The number of sulfonamides is 1. The highest BCUT2D eigenvalue weighted by Gasteiger charge is 2.36. The van der Waals surface area contributed by atoms with Gasteiger partial charge in [0.2, 0.25) is 15.9 Å². The Morgan fingerprint density at radius 2 is 1.82 bits per heavy atom. The molecule has 1 amide bonds. The highest BCUT2D eigenvalue weighted by molar-refractivity contribution is 7.89. The van der Waals surface area contributed by atoms with E-state index in [1.807, 2.05) is 0 Å². The minimum Gasteiger partial charge on any atom is -0.472 e. The van der Waals surface area contributed by atoms with E-state index in [2.05, 4.69) is 16.8 Å². The maximum absolute atomic E-state index is 14.3. The van der Waals surface area contributed by atoms with Crippen molar-refractivity contribution in [1.82, 2.24) is 14.2 Å². The third kappa shape index (κ3) is 6.14. The number of aliphatic hydroxyl groups excluding tert-OH is 1. The average molecular weight is 570 g/mol. The van der Waals surface area contributed by atoms with Crippen LogP contribution in [-0.4, -0.2) is 72.5 Å². The zero-order valence-corrected chi connectivity index (χ0v) is 23.0. The Morgan fingerprint density at radius 1 is 1.15 bits per heavy atom. The van der Waals surface area contributed by atoms with Crippen molar-refractivity contribution in [2.75, 3.05) is 26.7 Å². The molecule has 1 aromatic heterocycles. The molecule has 0 fully saturated rings. The monoisotopic (exact) mass is 569 g/mol. The van der Waals surface area contributed by atoms with Gasteiger partial charge in [-0.3, -0.25) is 4.79 Å².